The van der Waals surface area contributed by atoms with E-state index in [1.54, 1.807) is 12.1 Å². The van der Waals surface area contributed by atoms with Gasteiger partial charge in [0.05, 0.1) is 7.11 Å². The first-order chi connectivity index (χ1) is 11.5. The smallest absolute Gasteiger partial charge is 0.261 e. The van der Waals surface area contributed by atoms with Crippen molar-refractivity contribution in [3.63, 3.8) is 0 Å². The Morgan fingerprint density at radius 2 is 1.83 bits per heavy atom. The number of nitrogens with one attached hydrogen (secondary N) is 2. The maximum atomic E-state index is 13.2. The van der Waals surface area contributed by atoms with E-state index >= 15 is 0 Å². The third-order valence-electron chi connectivity index (χ3n) is 3.45. The Morgan fingerprint density at radius 3 is 2.50 bits per heavy atom. The maximum Gasteiger partial charge on any atom is 0.261 e. The van der Waals surface area contributed by atoms with Crippen LogP contribution in [-0.2, 0) is 0 Å². The van der Waals surface area contributed by atoms with Crippen LogP contribution in [0.1, 0.15) is 10.4 Å². The first-order valence-corrected chi connectivity index (χ1v) is 6.95. The molecule has 0 aliphatic rings. The molecule has 0 aliphatic heterocycles. The monoisotopic (exact) mass is 330 g/mol. The van der Waals surface area contributed by atoms with Crippen LogP contribution in [0.4, 0.5) is 14.5 Å². The fraction of sp³-hybridized carbons (Fsp3) is 0.0588. The van der Waals surface area contributed by atoms with Gasteiger partial charge in [0.15, 0.2) is 0 Å². The van der Waals surface area contributed by atoms with Gasteiger partial charge in [-0.05, 0) is 30.3 Å². The molecule has 0 saturated heterocycles. The highest BCUT2D eigenvalue weighted by atomic mass is 19.1. The Labute approximate surface area is 134 Å². The van der Waals surface area contributed by atoms with Gasteiger partial charge in [-0.25, -0.2) is 8.78 Å². The molecule has 1 amide bonds. The molecule has 0 bridgehead atoms. The molecule has 122 valence electrons. The zero-order valence-electron chi connectivity index (χ0n) is 12.5. The van der Waals surface area contributed by atoms with Crippen molar-refractivity contribution in [1.29, 1.82) is 0 Å². The predicted molar refractivity (Wildman–Crippen MR) is 85.4 cm³/mol. The van der Waals surface area contributed by atoms with Crippen LogP contribution in [0, 0.1) is 11.6 Å². The second kappa shape index (κ2) is 6.11. The quantitative estimate of drug-likeness (QED) is 0.775. The molecule has 2 N–H and O–H groups in total. The van der Waals surface area contributed by atoms with E-state index < -0.39 is 23.0 Å². The summed E-state index contributed by atoms with van der Waals surface area (Å²) in [6, 6.07) is 7.43. The molecule has 0 radical (unpaired) electrons. The number of pyridine rings is 1. The number of aromatic amines is 1. The van der Waals surface area contributed by atoms with E-state index in [-0.39, 0.29) is 16.6 Å². The van der Waals surface area contributed by atoms with Crippen molar-refractivity contribution in [2.45, 2.75) is 0 Å². The average molecular weight is 330 g/mol. The van der Waals surface area contributed by atoms with E-state index in [4.69, 9.17) is 4.74 Å². The minimum Gasteiger partial charge on any atom is -0.497 e. The van der Waals surface area contributed by atoms with Crippen molar-refractivity contribution in [1.82, 2.24) is 4.98 Å². The van der Waals surface area contributed by atoms with Gasteiger partial charge in [0.1, 0.15) is 22.9 Å². The summed E-state index contributed by atoms with van der Waals surface area (Å²) in [5.74, 6) is -1.96. The summed E-state index contributed by atoms with van der Waals surface area (Å²) in [4.78, 5) is 27.6. The number of carbonyl (C=O) groups excluding carboxylic acids is 1. The lowest BCUT2D eigenvalue weighted by atomic mass is 10.1. The fourth-order valence-corrected chi connectivity index (χ4v) is 2.32. The number of fused-ring (bicyclic) bond motifs is 1. The largest absolute Gasteiger partial charge is 0.497 e. The van der Waals surface area contributed by atoms with Gasteiger partial charge in [-0.1, -0.05) is 0 Å². The minimum atomic E-state index is -0.831. The standard InChI is InChI=1S/C17H12F2N2O3/c1-24-12-2-3-15-13(7-12)16(22)14(8-20-15)17(23)21-11-5-9(18)4-10(19)6-11/h2-8H,1H3,(H,20,22)(H,21,23). The normalized spacial score (nSPS) is 10.6. The number of carbonyl (C=O) groups is 1. The van der Waals surface area contributed by atoms with Crippen molar-refractivity contribution in [2.24, 2.45) is 0 Å². The number of hydrogen-bond donors (Lipinski definition) is 2. The van der Waals surface area contributed by atoms with Gasteiger partial charge < -0.3 is 15.0 Å². The maximum absolute atomic E-state index is 13.2. The highest BCUT2D eigenvalue weighted by Gasteiger charge is 2.14. The van der Waals surface area contributed by atoms with Crippen LogP contribution in [0.2, 0.25) is 0 Å². The molecule has 3 rings (SSSR count). The second-order valence-corrected chi connectivity index (χ2v) is 5.06. The zero-order valence-corrected chi connectivity index (χ0v) is 12.5. The molecule has 5 nitrogen and oxygen atoms in total. The molecule has 0 unspecified atom stereocenters. The summed E-state index contributed by atoms with van der Waals surface area (Å²) in [6.07, 6.45) is 1.25. The van der Waals surface area contributed by atoms with Crippen molar-refractivity contribution < 1.29 is 18.3 Å². The number of ether oxygens (including phenoxy) is 1. The Bertz CT molecular complexity index is 979. The van der Waals surface area contributed by atoms with Crippen molar-refractivity contribution in [3.8, 4) is 5.75 Å². The van der Waals surface area contributed by atoms with Crippen LogP contribution in [0.25, 0.3) is 10.9 Å². The number of halogens is 2. The molecule has 0 spiro atoms. The van der Waals surface area contributed by atoms with E-state index in [0.717, 1.165) is 12.1 Å². The summed E-state index contributed by atoms with van der Waals surface area (Å²) in [5, 5.41) is 2.57. The van der Waals surface area contributed by atoms with E-state index in [1.807, 2.05) is 0 Å². The molecule has 0 aliphatic carbocycles. The van der Waals surface area contributed by atoms with Gasteiger partial charge in [0.25, 0.3) is 5.91 Å². The Balaban J connectivity index is 2.00. The molecule has 0 fully saturated rings. The summed E-state index contributed by atoms with van der Waals surface area (Å²) < 4.78 is 31.4. The summed E-state index contributed by atoms with van der Waals surface area (Å²) in [7, 11) is 1.46. The Hall–Kier alpha value is -3.22. The number of methoxy groups -OCH3 is 1. The van der Waals surface area contributed by atoms with Crippen molar-refractivity contribution >= 4 is 22.5 Å². The van der Waals surface area contributed by atoms with Crippen molar-refractivity contribution in [2.75, 3.05) is 12.4 Å². The molecular formula is C17H12F2N2O3. The van der Waals surface area contributed by atoms with Gasteiger partial charge in [-0.2, -0.15) is 0 Å². The topological polar surface area (TPSA) is 71.2 Å². The number of benzene rings is 2. The van der Waals surface area contributed by atoms with Gasteiger partial charge >= 0.3 is 0 Å². The number of aromatic nitrogens is 1. The third kappa shape index (κ3) is 2.96. The molecule has 0 saturated carbocycles. The zero-order chi connectivity index (χ0) is 17.3. The molecule has 2 aromatic carbocycles. The fourth-order valence-electron chi connectivity index (χ4n) is 2.32. The highest BCUT2D eigenvalue weighted by molar-refractivity contribution is 6.05. The van der Waals surface area contributed by atoms with Crippen LogP contribution >= 0.6 is 0 Å². The molecule has 3 aromatic rings. The van der Waals surface area contributed by atoms with Gasteiger partial charge in [0.2, 0.25) is 5.43 Å². The SMILES string of the molecule is COc1ccc2[nH]cc(C(=O)Nc3cc(F)cc(F)c3)c(=O)c2c1. The number of anilines is 1. The number of hydrogen-bond acceptors (Lipinski definition) is 3. The molecule has 1 aromatic heterocycles. The predicted octanol–water partition coefficient (Wildman–Crippen LogP) is 3.07. The average Bonchev–Trinajstić information content (AvgIpc) is 2.54. The molecule has 0 atom stereocenters. The number of rotatable bonds is 3. The first-order valence-electron chi connectivity index (χ1n) is 6.95. The third-order valence-corrected chi connectivity index (χ3v) is 3.45. The summed E-state index contributed by atoms with van der Waals surface area (Å²) >= 11 is 0. The van der Waals surface area contributed by atoms with Gasteiger partial charge in [-0.15, -0.1) is 0 Å². The number of amides is 1. The summed E-state index contributed by atoms with van der Waals surface area (Å²) in [5.41, 5.74) is -0.241. The van der Waals surface area contributed by atoms with Crippen LogP contribution in [0.15, 0.2) is 47.4 Å². The number of H-pyrrole nitrogens is 1. The van der Waals surface area contributed by atoms with Crippen molar-refractivity contribution in [3.05, 3.63) is 70.0 Å². The molecule has 1 heterocycles. The summed E-state index contributed by atoms with van der Waals surface area (Å²) in [6.45, 7) is 0. The highest BCUT2D eigenvalue weighted by Crippen LogP contribution is 2.18. The lowest BCUT2D eigenvalue weighted by Crippen LogP contribution is -2.22. The minimum absolute atomic E-state index is 0.0809. The van der Waals surface area contributed by atoms with Crippen LogP contribution in [0.3, 0.4) is 0 Å². The van der Waals surface area contributed by atoms with Gasteiger partial charge in [-0.3, -0.25) is 9.59 Å². The van der Waals surface area contributed by atoms with E-state index in [2.05, 4.69) is 10.3 Å². The lowest BCUT2D eigenvalue weighted by Gasteiger charge is -2.07. The van der Waals surface area contributed by atoms with E-state index in [0.29, 0.717) is 17.3 Å². The molecular weight excluding hydrogens is 318 g/mol. The molecule has 24 heavy (non-hydrogen) atoms. The second-order valence-electron chi connectivity index (χ2n) is 5.06. The van der Waals surface area contributed by atoms with Gasteiger partial charge in [0, 0.05) is 28.9 Å². The van der Waals surface area contributed by atoms with Crippen LogP contribution < -0.4 is 15.5 Å². The van der Waals surface area contributed by atoms with E-state index in [9.17, 15) is 18.4 Å². The van der Waals surface area contributed by atoms with Crippen LogP contribution in [0.5, 0.6) is 5.75 Å². The molecule has 7 heteroatoms. The lowest BCUT2D eigenvalue weighted by molar-refractivity contribution is 0.102. The Morgan fingerprint density at radius 1 is 1.12 bits per heavy atom. The van der Waals surface area contributed by atoms with E-state index in [1.165, 1.54) is 19.4 Å². The van der Waals surface area contributed by atoms with Crippen LogP contribution in [-0.4, -0.2) is 18.0 Å². The first kappa shape index (κ1) is 15.7. The Kier molecular flexibility index (Phi) is 3.99.